The molecule has 1 amide bonds. The maximum Gasteiger partial charge on any atom is 0.249 e. The minimum absolute atomic E-state index is 0.411. The van der Waals surface area contributed by atoms with Crippen LogP contribution in [0.3, 0.4) is 0 Å². The van der Waals surface area contributed by atoms with Gasteiger partial charge in [-0.2, -0.15) is 0 Å². The molecule has 0 fully saturated rings. The Morgan fingerprint density at radius 1 is 1.11 bits per heavy atom. The monoisotopic (exact) mass is 250 g/mol. The molecule has 3 nitrogen and oxygen atoms in total. The molecule has 0 atom stereocenters. The summed E-state index contributed by atoms with van der Waals surface area (Å²) in [6.45, 7) is 12.5. The highest BCUT2D eigenvalue weighted by molar-refractivity contribution is 6.08. The number of nitrogens with two attached hydrogens (primary N) is 1. The number of rotatable bonds is 3. The molecular formula is C15H26N2O. The highest BCUT2D eigenvalue weighted by atomic mass is 16.1. The summed E-state index contributed by atoms with van der Waals surface area (Å²) < 4.78 is 0. The molecule has 0 unspecified atom stereocenters. The lowest BCUT2D eigenvalue weighted by molar-refractivity contribution is 0.1000. The van der Waals surface area contributed by atoms with Crippen molar-refractivity contribution in [3.8, 4) is 0 Å². The van der Waals surface area contributed by atoms with E-state index in [1.807, 2.05) is 53.7 Å². The summed E-state index contributed by atoms with van der Waals surface area (Å²) in [5.74, 6) is -0.411. The Hall–Kier alpha value is -1.64. The van der Waals surface area contributed by atoms with E-state index in [0.717, 1.165) is 11.3 Å². The molecule has 0 spiro atoms. The number of hydrogen-bond donors (Lipinski definition) is 1. The molecule has 1 aromatic rings. The predicted octanol–water partition coefficient (Wildman–Crippen LogP) is 3.67. The first-order valence-corrected chi connectivity index (χ1v) is 6.57. The number of carbonyl (C=O) groups is 1. The SMILES string of the molecule is CC.CC.CCN=C(C)c1ccccc1C(N)=O. The standard InChI is InChI=1S/C11H14N2O.2C2H6/c1-3-13-8(2)9-6-4-5-7-10(9)11(12)14;2*1-2/h4-7H,3H2,1-2H3,(H2,12,14);2*1-2H3. The van der Waals surface area contributed by atoms with E-state index in [4.69, 9.17) is 5.73 Å². The average Bonchev–Trinajstić information content (AvgIpc) is 2.43. The van der Waals surface area contributed by atoms with E-state index in [9.17, 15) is 4.79 Å². The lowest BCUT2D eigenvalue weighted by Crippen LogP contribution is -2.15. The van der Waals surface area contributed by atoms with Gasteiger partial charge in [-0.05, 0) is 19.9 Å². The fraction of sp³-hybridized carbons (Fsp3) is 0.467. The van der Waals surface area contributed by atoms with Crippen LogP contribution in [0.25, 0.3) is 0 Å². The predicted molar refractivity (Wildman–Crippen MR) is 80.4 cm³/mol. The van der Waals surface area contributed by atoms with Crippen molar-refractivity contribution in [3.05, 3.63) is 35.4 Å². The lowest BCUT2D eigenvalue weighted by Gasteiger charge is -2.05. The zero-order valence-corrected chi connectivity index (χ0v) is 12.4. The maximum atomic E-state index is 11.1. The summed E-state index contributed by atoms with van der Waals surface area (Å²) in [4.78, 5) is 15.3. The Balaban J connectivity index is 0. The molecule has 0 aliphatic rings. The second kappa shape index (κ2) is 11.8. The first-order valence-electron chi connectivity index (χ1n) is 6.57. The molecule has 18 heavy (non-hydrogen) atoms. The average molecular weight is 250 g/mol. The van der Waals surface area contributed by atoms with Gasteiger partial charge in [-0.3, -0.25) is 9.79 Å². The molecule has 0 aliphatic heterocycles. The molecule has 0 saturated heterocycles. The number of carbonyl (C=O) groups excluding carboxylic acids is 1. The number of benzene rings is 1. The van der Waals surface area contributed by atoms with Crippen molar-refractivity contribution in [1.29, 1.82) is 0 Å². The molecule has 0 radical (unpaired) electrons. The van der Waals surface area contributed by atoms with Gasteiger partial charge in [0.1, 0.15) is 0 Å². The summed E-state index contributed by atoms with van der Waals surface area (Å²) >= 11 is 0. The molecule has 1 aromatic carbocycles. The van der Waals surface area contributed by atoms with Crippen molar-refractivity contribution in [3.63, 3.8) is 0 Å². The smallest absolute Gasteiger partial charge is 0.249 e. The fourth-order valence-corrected chi connectivity index (χ4v) is 1.34. The van der Waals surface area contributed by atoms with Crippen LogP contribution in [-0.2, 0) is 0 Å². The second-order valence-electron chi connectivity index (χ2n) is 2.97. The molecule has 0 aliphatic carbocycles. The van der Waals surface area contributed by atoms with Crippen LogP contribution in [0.4, 0.5) is 0 Å². The van der Waals surface area contributed by atoms with Gasteiger partial charge in [-0.15, -0.1) is 0 Å². The largest absolute Gasteiger partial charge is 0.366 e. The van der Waals surface area contributed by atoms with Crippen molar-refractivity contribution in [2.24, 2.45) is 10.7 Å². The molecule has 0 bridgehead atoms. The molecule has 3 heteroatoms. The van der Waals surface area contributed by atoms with E-state index < -0.39 is 5.91 Å². The Morgan fingerprint density at radius 3 is 1.94 bits per heavy atom. The first-order chi connectivity index (χ1) is 8.66. The molecule has 1 rings (SSSR count). The van der Waals surface area contributed by atoms with Crippen molar-refractivity contribution in [2.45, 2.75) is 41.5 Å². The Bertz CT molecular complexity index is 371. The number of primary amides is 1. The summed E-state index contributed by atoms with van der Waals surface area (Å²) in [6, 6.07) is 7.24. The van der Waals surface area contributed by atoms with E-state index in [2.05, 4.69) is 4.99 Å². The van der Waals surface area contributed by atoms with Crippen LogP contribution in [0.2, 0.25) is 0 Å². The van der Waals surface area contributed by atoms with Gasteiger partial charge in [0.25, 0.3) is 0 Å². The van der Waals surface area contributed by atoms with E-state index in [1.54, 1.807) is 12.1 Å². The van der Waals surface area contributed by atoms with Gasteiger partial charge in [-0.1, -0.05) is 45.9 Å². The number of aliphatic imine (C=N–C) groups is 1. The van der Waals surface area contributed by atoms with Crippen LogP contribution in [0.5, 0.6) is 0 Å². The summed E-state index contributed by atoms with van der Waals surface area (Å²) in [7, 11) is 0. The zero-order chi connectivity index (χ0) is 14.6. The van der Waals surface area contributed by atoms with Crippen molar-refractivity contribution < 1.29 is 4.79 Å². The molecule has 0 aromatic heterocycles. The number of hydrogen-bond acceptors (Lipinski definition) is 2. The molecule has 102 valence electrons. The normalized spacial score (nSPS) is 9.56. The van der Waals surface area contributed by atoms with Gasteiger partial charge in [0.05, 0.1) is 0 Å². The third-order valence-electron chi connectivity index (χ3n) is 1.98. The van der Waals surface area contributed by atoms with E-state index in [1.165, 1.54) is 0 Å². The minimum atomic E-state index is -0.411. The summed E-state index contributed by atoms with van der Waals surface area (Å²) in [5, 5.41) is 0. The topological polar surface area (TPSA) is 55.4 Å². The van der Waals surface area contributed by atoms with Crippen molar-refractivity contribution >= 4 is 11.6 Å². The minimum Gasteiger partial charge on any atom is -0.366 e. The van der Waals surface area contributed by atoms with Crippen LogP contribution < -0.4 is 5.73 Å². The quantitative estimate of drug-likeness (QED) is 0.818. The number of amides is 1. The maximum absolute atomic E-state index is 11.1. The van der Waals surface area contributed by atoms with Gasteiger partial charge in [0.15, 0.2) is 0 Å². The molecule has 0 saturated carbocycles. The Morgan fingerprint density at radius 2 is 1.56 bits per heavy atom. The van der Waals surface area contributed by atoms with E-state index >= 15 is 0 Å². The first kappa shape index (κ1) is 18.7. The van der Waals surface area contributed by atoms with Crippen LogP contribution in [0.15, 0.2) is 29.3 Å². The summed E-state index contributed by atoms with van der Waals surface area (Å²) in [6.07, 6.45) is 0. The fourth-order valence-electron chi connectivity index (χ4n) is 1.34. The van der Waals surface area contributed by atoms with Gasteiger partial charge >= 0.3 is 0 Å². The summed E-state index contributed by atoms with van der Waals surface area (Å²) in [5.41, 5.74) is 7.45. The third-order valence-corrected chi connectivity index (χ3v) is 1.98. The van der Waals surface area contributed by atoms with Crippen LogP contribution in [-0.4, -0.2) is 18.2 Å². The van der Waals surface area contributed by atoms with Gasteiger partial charge in [0.2, 0.25) is 5.91 Å². The highest BCUT2D eigenvalue weighted by Gasteiger charge is 2.08. The Kier molecular flexibility index (Phi) is 12.3. The van der Waals surface area contributed by atoms with E-state index in [-0.39, 0.29) is 0 Å². The van der Waals surface area contributed by atoms with Crippen LogP contribution >= 0.6 is 0 Å². The van der Waals surface area contributed by atoms with Gasteiger partial charge in [-0.25, -0.2) is 0 Å². The van der Waals surface area contributed by atoms with Crippen molar-refractivity contribution in [2.75, 3.05) is 6.54 Å². The van der Waals surface area contributed by atoms with Crippen molar-refractivity contribution in [1.82, 2.24) is 0 Å². The number of nitrogens with zero attached hydrogens (tertiary/aromatic N) is 1. The van der Waals surface area contributed by atoms with Crippen LogP contribution in [0.1, 0.15) is 57.5 Å². The molecule has 0 heterocycles. The third kappa shape index (κ3) is 6.18. The molecular weight excluding hydrogens is 224 g/mol. The van der Waals surface area contributed by atoms with Crippen LogP contribution in [0, 0.1) is 0 Å². The Labute approximate surface area is 111 Å². The van der Waals surface area contributed by atoms with Gasteiger partial charge in [0, 0.05) is 23.4 Å². The zero-order valence-electron chi connectivity index (χ0n) is 12.4. The highest BCUT2D eigenvalue weighted by Crippen LogP contribution is 2.09. The lowest BCUT2D eigenvalue weighted by atomic mass is 10.0. The molecule has 2 N–H and O–H groups in total. The van der Waals surface area contributed by atoms with E-state index in [0.29, 0.717) is 12.1 Å². The second-order valence-corrected chi connectivity index (χ2v) is 2.97. The van der Waals surface area contributed by atoms with Gasteiger partial charge < -0.3 is 5.73 Å².